The van der Waals surface area contributed by atoms with E-state index in [1.54, 1.807) is 0 Å². The molecule has 1 unspecified atom stereocenters. The maximum atomic E-state index is 13.7. The van der Waals surface area contributed by atoms with Crippen molar-refractivity contribution in [3.05, 3.63) is 56.2 Å². The molecule has 2 rings (SSSR count). The fourth-order valence-corrected chi connectivity index (χ4v) is 3.31. The van der Waals surface area contributed by atoms with E-state index in [0.29, 0.717) is 6.42 Å². The van der Waals surface area contributed by atoms with Crippen molar-refractivity contribution in [2.45, 2.75) is 12.5 Å². The van der Waals surface area contributed by atoms with E-state index in [-0.39, 0.29) is 5.56 Å². The number of benzene rings is 1. The molecule has 3 N–H and O–H groups in total. The predicted octanol–water partition coefficient (Wildman–Crippen LogP) is 3.54. The van der Waals surface area contributed by atoms with E-state index in [4.69, 9.17) is 5.84 Å². The van der Waals surface area contributed by atoms with E-state index in [1.165, 1.54) is 29.5 Å². The first-order valence-corrected chi connectivity index (χ1v) is 6.92. The number of rotatable bonds is 4. The van der Waals surface area contributed by atoms with Crippen LogP contribution < -0.4 is 11.3 Å². The molecule has 0 bridgehead atoms. The van der Waals surface area contributed by atoms with Crippen LogP contribution in [-0.2, 0) is 6.42 Å². The van der Waals surface area contributed by atoms with Crippen LogP contribution in [0.3, 0.4) is 0 Å². The molecule has 0 spiro atoms. The summed E-state index contributed by atoms with van der Waals surface area (Å²) in [6.45, 7) is 0. The molecule has 1 aromatic carbocycles. The minimum absolute atomic E-state index is 0.0275. The highest BCUT2D eigenvalue weighted by Crippen LogP contribution is 2.29. The van der Waals surface area contributed by atoms with Gasteiger partial charge < -0.3 is 0 Å². The van der Waals surface area contributed by atoms with Crippen molar-refractivity contribution in [2.24, 2.45) is 5.84 Å². The van der Waals surface area contributed by atoms with Gasteiger partial charge in [-0.05, 0) is 39.5 Å². The number of hydrazine groups is 1. The Labute approximate surface area is 116 Å². The molecule has 18 heavy (non-hydrogen) atoms. The minimum Gasteiger partial charge on any atom is -0.271 e. The van der Waals surface area contributed by atoms with Crippen LogP contribution in [-0.4, -0.2) is 0 Å². The molecular formula is C12H11BrF2N2S. The smallest absolute Gasteiger partial charge is 0.130 e. The molecule has 0 aliphatic rings. The van der Waals surface area contributed by atoms with Crippen molar-refractivity contribution < 1.29 is 8.78 Å². The quantitative estimate of drug-likeness (QED) is 0.663. The number of nitrogens with one attached hydrogen (secondary N) is 1. The third-order valence-corrected chi connectivity index (χ3v) is 4.58. The summed E-state index contributed by atoms with van der Waals surface area (Å²) in [4.78, 5) is 0.987. The zero-order chi connectivity index (χ0) is 13.1. The van der Waals surface area contributed by atoms with Gasteiger partial charge in [0.1, 0.15) is 11.6 Å². The summed E-state index contributed by atoms with van der Waals surface area (Å²) in [6, 6.07) is 5.09. The minimum atomic E-state index is -0.596. The Morgan fingerprint density at radius 2 is 1.94 bits per heavy atom. The second kappa shape index (κ2) is 5.88. The Bertz CT molecular complexity index is 524. The number of hydrogen-bond donors (Lipinski definition) is 2. The highest BCUT2D eigenvalue weighted by atomic mass is 79.9. The Balaban J connectivity index is 2.32. The topological polar surface area (TPSA) is 38.0 Å². The monoisotopic (exact) mass is 332 g/mol. The molecule has 6 heteroatoms. The average Bonchev–Trinajstić information content (AvgIpc) is 2.73. The van der Waals surface area contributed by atoms with Gasteiger partial charge in [0, 0.05) is 21.3 Å². The maximum Gasteiger partial charge on any atom is 0.130 e. The highest BCUT2D eigenvalue weighted by molar-refractivity contribution is 9.10. The van der Waals surface area contributed by atoms with Crippen molar-refractivity contribution in [3.63, 3.8) is 0 Å². The van der Waals surface area contributed by atoms with Gasteiger partial charge in [-0.1, -0.05) is 6.07 Å². The fraction of sp³-hybridized carbons (Fsp3) is 0.167. The first kappa shape index (κ1) is 13.6. The molecule has 0 radical (unpaired) electrons. The Morgan fingerprint density at radius 3 is 2.44 bits per heavy atom. The van der Waals surface area contributed by atoms with E-state index in [0.717, 1.165) is 9.35 Å². The van der Waals surface area contributed by atoms with Crippen LogP contribution in [0.1, 0.15) is 16.5 Å². The molecule has 0 aliphatic carbocycles. The molecule has 1 atom stereocenters. The van der Waals surface area contributed by atoms with Gasteiger partial charge in [-0.3, -0.25) is 11.3 Å². The van der Waals surface area contributed by atoms with Gasteiger partial charge in [0.25, 0.3) is 0 Å². The molecule has 1 heterocycles. The lowest BCUT2D eigenvalue weighted by atomic mass is 10.0. The van der Waals surface area contributed by atoms with Crippen molar-refractivity contribution in [1.82, 2.24) is 5.43 Å². The zero-order valence-electron chi connectivity index (χ0n) is 9.29. The third-order valence-electron chi connectivity index (χ3n) is 2.63. The van der Waals surface area contributed by atoms with Crippen molar-refractivity contribution in [2.75, 3.05) is 0 Å². The summed E-state index contributed by atoms with van der Waals surface area (Å²) >= 11 is 4.90. The van der Waals surface area contributed by atoms with Crippen LogP contribution in [0, 0.1) is 11.6 Å². The van der Waals surface area contributed by atoms with Crippen molar-refractivity contribution in [1.29, 1.82) is 0 Å². The summed E-state index contributed by atoms with van der Waals surface area (Å²) in [6.07, 6.45) is 0.423. The van der Waals surface area contributed by atoms with Crippen molar-refractivity contribution in [3.8, 4) is 0 Å². The summed E-state index contributed by atoms with van der Waals surface area (Å²) in [7, 11) is 0. The summed E-state index contributed by atoms with van der Waals surface area (Å²) in [5, 5.41) is 1.91. The van der Waals surface area contributed by atoms with Crippen LogP contribution >= 0.6 is 27.3 Å². The zero-order valence-corrected chi connectivity index (χ0v) is 11.7. The SMILES string of the molecule is NNC(Cc1sccc1Br)c1c(F)cccc1F. The maximum absolute atomic E-state index is 13.7. The molecule has 2 aromatic rings. The molecule has 2 nitrogen and oxygen atoms in total. The fourth-order valence-electron chi connectivity index (χ4n) is 1.74. The molecular weight excluding hydrogens is 322 g/mol. The van der Waals surface area contributed by atoms with E-state index in [9.17, 15) is 8.78 Å². The Hall–Kier alpha value is -0.820. The largest absolute Gasteiger partial charge is 0.271 e. The number of halogens is 3. The molecule has 96 valence electrons. The molecule has 0 aliphatic heterocycles. The molecule has 0 fully saturated rings. The lowest BCUT2D eigenvalue weighted by Crippen LogP contribution is -2.31. The molecule has 0 amide bonds. The highest BCUT2D eigenvalue weighted by Gasteiger charge is 2.20. The standard InChI is InChI=1S/C12H11BrF2N2S/c13-7-4-5-18-11(7)6-10(17-16)12-8(14)2-1-3-9(12)15/h1-5,10,17H,6,16H2. The Morgan fingerprint density at radius 1 is 1.28 bits per heavy atom. The Kier molecular flexibility index (Phi) is 4.45. The first-order chi connectivity index (χ1) is 8.63. The van der Waals surface area contributed by atoms with Crippen LogP contribution in [0.25, 0.3) is 0 Å². The van der Waals surface area contributed by atoms with Crippen LogP contribution in [0.15, 0.2) is 34.1 Å². The lowest BCUT2D eigenvalue weighted by molar-refractivity contribution is 0.474. The number of nitrogens with two attached hydrogens (primary N) is 1. The van der Waals surface area contributed by atoms with Gasteiger partial charge in [0.15, 0.2) is 0 Å². The normalized spacial score (nSPS) is 12.7. The summed E-state index contributed by atoms with van der Waals surface area (Å²) in [5.74, 6) is 4.23. The van der Waals surface area contributed by atoms with Gasteiger partial charge in [0.2, 0.25) is 0 Å². The van der Waals surface area contributed by atoms with Crippen LogP contribution in [0.2, 0.25) is 0 Å². The number of hydrogen-bond acceptors (Lipinski definition) is 3. The molecule has 0 saturated heterocycles. The van der Waals surface area contributed by atoms with E-state index in [2.05, 4.69) is 21.4 Å². The van der Waals surface area contributed by atoms with Gasteiger partial charge in [-0.15, -0.1) is 11.3 Å². The first-order valence-electron chi connectivity index (χ1n) is 5.25. The van der Waals surface area contributed by atoms with Gasteiger partial charge in [-0.2, -0.15) is 0 Å². The second-order valence-corrected chi connectivity index (χ2v) is 5.61. The molecule has 1 aromatic heterocycles. The van der Waals surface area contributed by atoms with E-state index < -0.39 is 17.7 Å². The summed E-state index contributed by atoms with van der Waals surface area (Å²) in [5.41, 5.74) is 2.44. The lowest BCUT2D eigenvalue weighted by Gasteiger charge is -2.17. The van der Waals surface area contributed by atoms with Crippen molar-refractivity contribution >= 4 is 27.3 Å². The van der Waals surface area contributed by atoms with Crippen LogP contribution in [0.4, 0.5) is 8.78 Å². The predicted molar refractivity (Wildman–Crippen MR) is 72.1 cm³/mol. The van der Waals surface area contributed by atoms with Gasteiger partial charge >= 0.3 is 0 Å². The van der Waals surface area contributed by atoms with Crippen LogP contribution in [0.5, 0.6) is 0 Å². The van der Waals surface area contributed by atoms with E-state index >= 15 is 0 Å². The third kappa shape index (κ3) is 2.77. The second-order valence-electron chi connectivity index (χ2n) is 3.75. The summed E-state index contributed by atoms with van der Waals surface area (Å²) < 4.78 is 28.3. The van der Waals surface area contributed by atoms with Gasteiger partial charge in [0.05, 0.1) is 6.04 Å². The van der Waals surface area contributed by atoms with Gasteiger partial charge in [-0.25, -0.2) is 8.78 Å². The molecule has 0 saturated carbocycles. The number of thiophene rings is 1. The average molecular weight is 333 g/mol. The van der Waals surface area contributed by atoms with E-state index in [1.807, 2.05) is 11.4 Å².